The van der Waals surface area contributed by atoms with E-state index < -0.39 is 0 Å². The highest BCUT2D eigenvalue weighted by atomic mass is 35.5. The van der Waals surface area contributed by atoms with E-state index in [1.54, 1.807) is 0 Å². The molecule has 0 spiro atoms. The van der Waals surface area contributed by atoms with Gasteiger partial charge in [0.25, 0.3) is 0 Å². The molecule has 0 aromatic carbocycles. The molecule has 2 nitrogen and oxygen atoms in total. The predicted octanol–water partition coefficient (Wildman–Crippen LogP) is 2.10. The van der Waals surface area contributed by atoms with E-state index in [0.717, 1.165) is 6.54 Å². The summed E-state index contributed by atoms with van der Waals surface area (Å²) in [6.07, 6.45) is 5.08. The molecule has 0 aliphatic rings. The molecule has 0 rings (SSSR count). The van der Waals surface area contributed by atoms with E-state index in [-0.39, 0.29) is 12.4 Å². The fourth-order valence-corrected chi connectivity index (χ4v) is 0.821. The molecule has 0 aliphatic carbocycles. The van der Waals surface area contributed by atoms with E-state index in [4.69, 9.17) is 5.26 Å². The first-order valence-corrected chi connectivity index (χ1v) is 3.99. The molecule has 1 N–H and O–H groups in total. The Balaban J connectivity index is 0. The van der Waals surface area contributed by atoms with Gasteiger partial charge in [-0.05, 0) is 13.0 Å². The van der Waals surface area contributed by atoms with Crippen molar-refractivity contribution in [1.82, 2.24) is 5.32 Å². The first-order valence-electron chi connectivity index (χ1n) is 3.99. The van der Waals surface area contributed by atoms with Crippen LogP contribution in [-0.4, -0.2) is 13.1 Å². The zero-order valence-electron chi connectivity index (χ0n) is 7.10. The molecule has 0 bridgehead atoms. The van der Waals surface area contributed by atoms with Crippen LogP contribution in [0.3, 0.4) is 0 Å². The molecule has 0 saturated carbocycles. The number of rotatable bonds is 6. The van der Waals surface area contributed by atoms with Gasteiger partial charge in [0, 0.05) is 0 Å². The Morgan fingerprint density at radius 3 is 2.55 bits per heavy atom. The maximum absolute atomic E-state index is 8.16. The van der Waals surface area contributed by atoms with Crippen molar-refractivity contribution >= 4 is 12.4 Å². The van der Waals surface area contributed by atoms with Gasteiger partial charge >= 0.3 is 0 Å². The van der Waals surface area contributed by atoms with Gasteiger partial charge in [-0.15, -0.1) is 12.4 Å². The summed E-state index contributed by atoms with van der Waals surface area (Å²) in [6, 6.07) is 2.05. The SMILES string of the molecule is CCCCCCNCC#N.Cl. The number of hydrogen-bond donors (Lipinski definition) is 1. The van der Waals surface area contributed by atoms with Crippen LogP contribution in [0.25, 0.3) is 0 Å². The van der Waals surface area contributed by atoms with Crippen LogP contribution in [0.1, 0.15) is 32.6 Å². The average molecular weight is 177 g/mol. The summed E-state index contributed by atoms with van der Waals surface area (Å²) in [6.45, 7) is 3.68. The molecular weight excluding hydrogens is 160 g/mol. The van der Waals surface area contributed by atoms with Crippen molar-refractivity contribution in [2.24, 2.45) is 0 Å². The Morgan fingerprint density at radius 1 is 1.27 bits per heavy atom. The summed E-state index contributed by atoms with van der Waals surface area (Å²) < 4.78 is 0. The third kappa shape index (κ3) is 12.8. The van der Waals surface area contributed by atoms with Crippen LogP contribution in [0, 0.1) is 11.3 Å². The maximum atomic E-state index is 8.16. The van der Waals surface area contributed by atoms with Crippen molar-refractivity contribution in [2.75, 3.05) is 13.1 Å². The minimum absolute atomic E-state index is 0. The van der Waals surface area contributed by atoms with Gasteiger partial charge in [-0.1, -0.05) is 26.2 Å². The molecule has 0 radical (unpaired) electrons. The second kappa shape index (κ2) is 12.4. The summed E-state index contributed by atoms with van der Waals surface area (Å²) in [7, 11) is 0. The number of nitriles is 1. The minimum atomic E-state index is 0. The largest absolute Gasteiger partial charge is 0.304 e. The first-order chi connectivity index (χ1) is 4.91. The molecule has 0 aromatic heterocycles. The van der Waals surface area contributed by atoms with E-state index in [0.29, 0.717) is 6.54 Å². The number of nitrogens with one attached hydrogen (secondary N) is 1. The van der Waals surface area contributed by atoms with Gasteiger partial charge in [-0.3, -0.25) is 0 Å². The predicted molar refractivity (Wildman–Crippen MR) is 49.9 cm³/mol. The van der Waals surface area contributed by atoms with E-state index >= 15 is 0 Å². The average Bonchev–Trinajstić information content (AvgIpc) is 1.97. The second-order valence-corrected chi connectivity index (χ2v) is 2.40. The van der Waals surface area contributed by atoms with Gasteiger partial charge in [0.15, 0.2) is 0 Å². The highest BCUT2D eigenvalue weighted by Crippen LogP contribution is 1.96. The molecule has 0 saturated heterocycles. The Labute approximate surface area is 75.4 Å². The Hall–Kier alpha value is -0.260. The van der Waals surface area contributed by atoms with Gasteiger partial charge in [0.05, 0.1) is 12.6 Å². The number of nitrogens with zero attached hydrogens (tertiary/aromatic N) is 1. The Bertz CT molecular complexity index is 98.8. The molecule has 0 heterocycles. The highest BCUT2D eigenvalue weighted by molar-refractivity contribution is 5.85. The van der Waals surface area contributed by atoms with Crippen molar-refractivity contribution in [3.05, 3.63) is 0 Å². The maximum Gasteiger partial charge on any atom is 0.0840 e. The van der Waals surface area contributed by atoms with Crippen molar-refractivity contribution in [1.29, 1.82) is 5.26 Å². The van der Waals surface area contributed by atoms with Crippen molar-refractivity contribution in [3.63, 3.8) is 0 Å². The molecule has 0 amide bonds. The van der Waals surface area contributed by atoms with Gasteiger partial charge in [0.1, 0.15) is 0 Å². The standard InChI is InChI=1S/C8H16N2.ClH/c1-2-3-4-5-7-10-8-6-9;/h10H,2-5,7-8H2,1H3;1H. The van der Waals surface area contributed by atoms with E-state index in [1.807, 2.05) is 6.07 Å². The van der Waals surface area contributed by atoms with Crippen LogP contribution < -0.4 is 5.32 Å². The van der Waals surface area contributed by atoms with E-state index in [1.165, 1.54) is 25.7 Å². The van der Waals surface area contributed by atoms with Crippen LogP contribution in [0.4, 0.5) is 0 Å². The van der Waals surface area contributed by atoms with Gasteiger partial charge in [0.2, 0.25) is 0 Å². The molecule has 66 valence electrons. The zero-order chi connectivity index (χ0) is 7.66. The Morgan fingerprint density at radius 2 is 2.00 bits per heavy atom. The monoisotopic (exact) mass is 176 g/mol. The molecule has 0 aliphatic heterocycles. The smallest absolute Gasteiger partial charge is 0.0840 e. The number of unbranched alkanes of at least 4 members (excludes halogenated alkanes) is 3. The van der Waals surface area contributed by atoms with Crippen LogP contribution in [0.2, 0.25) is 0 Å². The molecule has 0 atom stereocenters. The van der Waals surface area contributed by atoms with Crippen LogP contribution in [0.5, 0.6) is 0 Å². The molecule has 0 unspecified atom stereocenters. The second-order valence-electron chi connectivity index (χ2n) is 2.40. The van der Waals surface area contributed by atoms with E-state index in [9.17, 15) is 0 Å². The van der Waals surface area contributed by atoms with E-state index in [2.05, 4.69) is 12.2 Å². The van der Waals surface area contributed by atoms with Crippen molar-refractivity contribution in [2.45, 2.75) is 32.6 Å². The lowest BCUT2D eigenvalue weighted by Crippen LogP contribution is -2.14. The third-order valence-corrected chi connectivity index (χ3v) is 1.41. The summed E-state index contributed by atoms with van der Waals surface area (Å²) in [5, 5.41) is 11.2. The van der Waals surface area contributed by atoms with Crippen molar-refractivity contribution in [3.8, 4) is 6.07 Å². The summed E-state index contributed by atoms with van der Waals surface area (Å²) in [5.74, 6) is 0. The van der Waals surface area contributed by atoms with Crippen LogP contribution in [0.15, 0.2) is 0 Å². The van der Waals surface area contributed by atoms with Crippen molar-refractivity contribution < 1.29 is 0 Å². The number of halogens is 1. The molecule has 0 fully saturated rings. The highest BCUT2D eigenvalue weighted by Gasteiger charge is 1.85. The lowest BCUT2D eigenvalue weighted by Gasteiger charge is -1.97. The first kappa shape index (κ1) is 13.3. The van der Waals surface area contributed by atoms with Crippen LogP contribution in [-0.2, 0) is 0 Å². The topological polar surface area (TPSA) is 35.8 Å². The fraction of sp³-hybridized carbons (Fsp3) is 0.875. The number of hydrogen-bond acceptors (Lipinski definition) is 2. The van der Waals surface area contributed by atoms with Gasteiger partial charge < -0.3 is 5.32 Å². The minimum Gasteiger partial charge on any atom is -0.304 e. The summed E-state index contributed by atoms with van der Waals surface area (Å²) in [4.78, 5) is 0. The zero-order valence-corrected chi connectivity index (χ0v) is 7.91. The van der Waals surface area contributed by atoms with Gasteiger partial charge in [-0.25, -0.2) is 0 Å². The fourth-order valence-electron chi connectivity index (χ4n) is 0.821. The molecule has 3 heteroatoms. The lowest BCUT2D eigenvalue weighted by atomic mass is 10.2. The lowest BCUT2D eigenvalue weighted by molar-refractivity contribution is 0.622. The summed E-state index contributed by atoms with van der Waals surface area (Å²) in [5.41, 5.74) is 0. The molecule has 0 aromatic rings. The molecule has 11 heavy (non-hydrogen) atoms. The normalized spacial score (nSPS) is 8.36. The van der Waals surface area contributed by atoms with Gasteiger partial charge in [-0.2, -0.15) is 5.26 Å². The quantitative estimate of drug-likeness (QED) is 0.497. The van der Waals surface area contributed by atoms with Crippen LogP contribution >= 0.6 is 12.4 Å². The Kier molecular flexibility index (Phi) is 15.1. The molecular formula is C8H17ClN2. The summed E-state index contributed by atoms with van der Waals surface area (Å²) >= 11 is 0. The third-order valence-electron chi connectivity index (χ3n) is 1.41.